The molecular formula is C13H10F3N. The summed E-state index contributed by atoms with van der Waals surface area (Å²) in [6.45, 7) is 1.81. The van der Waals surface area contributed by atoms with Crippen molar-refractivity contribution >= 4 is 0 Å². The Kier molecular flexibility index (Phi) is 3.13. The number of hydrogen-bond acceptors (Lipinski definition) is 1. The van der Waals surface area contributed by atoms with Crippen molar-refractivity contribution in [3.63, 3.8) is 0 Å². The first kappa shape index (κ1) is 11.6. The van der Waals surface area contributed by atoms with Gasteiger partial charge in [0.1, 0.15) is 5.82 Å². The second-order valence-corrected chi connectivity index (χ2v) is 3.80. The Bertz CT molecular complexity index is 552. The van der Waals surface area contributed by atoms with Crippen LogP contribution in [-0.4, -0.2) is 4.98 Å². The van der Waals surface area contributed by atoms with Gasteiger partial charge in [0.15, 0.2) is 11.6 Å². The molecule has 4 heteroatoms. The van der Waals surface area contributed by atoms with E-state index in [-0.39, 0.29) is 12.0 Å². The highest BCUT2D eigenvalue weighted by Crippen LogP contribution is 2.20. The van der Waals surface area contributed by atoms with Crippen molar-refractivity contribution in [1.82, 2.24) is 4.98 Å². The van der Waals surface area contributed by atoms with E-state index in [0.717, 1.165) is 17.7 Å². The Balaban J connectivity index is 2.43. The van der Waals surface area contributed by atoms with Crippen LogP contribution in [0.3, 0.4) is 0 Å². The fraction of sp³-hybridized carbons (Fsp3) is 0.154. The third-order valence-corrected chi connectivity index (χ3v) is 2.65. The van der Waals surface area contributed by atoms with Gasteiger partial charge in [0, 0.05) is 24.4 Å². The summed E-state index contributed by atoms with van der Waals surface area (Å²) >= 11 is 0. The van der Waals surface area contributed by atoms with E-state index in [4.69, 9.17) is 0 Å². The Morgan fingerprint density at radius 3 is 2.47 bits per heavy atom. The molecule has 0 radical (unpaired) electrons. The minimum absolute atomic E-state index is 0.00486. The van der Waals surface area contributed by atoms with Crippen LogP contribution in [0.25, 0.3) is 0 Å². The Labute approximate surface area is 96.9 Å². The van der Waals surface area contributed by atoms with Gasteiger partial charge in [-0.3, -0.25) is 4.98 Å². The monoisotopic (exact) mass is 237 g/mol. The highest BCUT2D eigenvalue weighted by molar-refractivity contribution is 5.31. The zero-order chi connectivity index (χ0) is 12.4. The summed E-state index contributed by atoms with van der Waals surface area (Å²) in [5.74, 6) is -2.91. The average molecular weight is 237 g/mol. The summed E-state index contributed by atoms with van der Waals surface area (Å²) in [5.41, 5.74) is 1.28. The maximum Gasteiger partial charge on any atom is 0.165 e. The van der Waals surface area contributed by atoms with Gasteiger partial charge in [-0.25, -0.2) is 13.2 Å². The van der Waals surface area contributed by atoms with Gasteiger partial charge >= 0.3 is 0 Å². The van der Waals surface area contributed by atoms with Crippen molar-refractivity contribution in [2.45, 2.75) is 13.3 Å². The maximum absolute atomic E-state index is 13.4. The molecular weight excluding hydrogens is 227 g/mol. The number of benzene rings is 1. The van der Waals surface area contributed by atoms with Gasteiger partial charge in [0.05, 0.1) is 0 Å². The minimum Gasteiger partial charge on any atom is -0.264 e. The molecule has 0 fully saturated rings. The third-order valence-electron chi connectivity index (χ3n) is 2.65. The molecule has 0 aliphatic rings. The van der Waals surface area contributed by atoms with E-state index >= 15 is 0 Å². The van der Waals surface area contributed by atoms with Crippen molar-refractivity contribution in [3.8, 4) is 0 Å². The molecule has 0 bridgehead atoms. The normalized spacial score (nSPS) is 10.6. The standard InChI is InChI=1S/C13H10F3N/c1-8-4-5-17-7-9(8)6-10-11(14)2-3-12(15)13(10)16/h2-5,7H,6H2,1H3. The van der Waals surface area contributed by atoms with Crippen LogP contribution in [-0.2, 0) is 6.42 Å². The molecule has 0 saturated heterocycles. The summed E-state index contributed by atoms with van der Waals surface area (Å²) in [7, 11) is 0. The molecule has 0 aliphatic carbocycles. The lowest BCUT2D eigenvalue weighted by Crippen LogP contribution is -2.01. The molecule has 2 rings (SSSR count). The summed E-state index contributed by atoms with van der Waals surface area (Å²) < 4.78 is 39.9. The fourth-order valence-electron chi connectivity index (χ4n) is 1.60. The molecule has 0 saturated carbocycles. The first-order valence-electron chi connectivity index (χ1n) is 5.11. The van der Waals surface area contributed by atoms with Gasteiger partial charge in [-0.2, -0.15) is 0 Å². The summed E-state index contributed by atoms with van der Waals surface area (Å²) in [6, 6.07) is 3.45. The topological polar surface area (TPSA) is 12.9 Å². The third kappa shape index (κ3) is 2.30. The van der Waals surface area contributed by atoms with Crippen LogP contribution >= 0.6 is 0 Å². The lowest BCUT2D eigenvalue weighted by atomic mass is 10.0. The zero-order valence-corrected chi connectivity index (χ0v) is 9.17. The number of halogens is 3. The average Bonchev–Trinajstić information content (AvgIpc) is 2.32. The van der Waals surface area contributed by atoms with Gasteiger partial charge in [-0.15, -0.1) is 0 Å². The molecule has 17 heavy (non-hydrogen) atoms. The lowest BCUT2D eigenvalue weighted by Gasteiger charge is -2.07. The van der Waals surface area contributed by atoms with E-state index < -0.39 is 17.5 Å². The number of aryl methyl sites for hydroxylation is 1. The molecule has 1 aromatic carbocycles. The maximum atomic E-state index is 13.4. The van der Waals surface area contributed by atoms with Crippen LogP contribution in [0.5, 0.6) is 0 Å². The van der Waals surface area contributed by atoms with Crippen molar-refractivity contribution in [3.05, 3.63) is 64.7 Å². The molecule has 1 nitrogen and oxygen atoms in total. The number of rotatable bonds is 2. The van der Waals surface area contributed by atoms with E-state index in [2.05, 4.69) is 4.98 Å². The lowest BCUT2D eigenvalue weighted by molar-refractivity contribution is 0.482. The molecule has 1 aromatic heterocycles. The van der Waals surface area contributed by atoms with Crippen molar-refractivity contribution in [2.24, 2.45) is 0 Å². The van der Waals surface area contributed by atoms with Crippen LogP contribution in [0.1, 0.15) is 16.7 Å². The molecule has 2 aromatic rings. The van der Waals surface area contributed by atoms with Gasteiger partial charge in [-0.05, 0) is 36.2 Å². The molecule has 0 atom stereocenters. The second-order valence-electron chi connectivity index (χ2n) is 3.80. The smallest absolute Gasteiger partial charge is 0.165 e. The van der Waals surface area contributed by atoms with Crippen LogP contribution in [0.2, 0.25) is 0 Å². The molecule has 0 unspecified atom stereocenters. The Morgan fingerprint density at radius 1 is 1.06 bits per heavy atom. The van der Waals surface area contributed by atoms with Crippen molar-refractivity contribution in [1.29, 1.82) is 0 Å². The first-order chi connectivity index (χ1) is 8.09. The van der Waals surface area contributed by atoms with Crippen LogP contribution in [0.4, 0.5) is 13.2 Å². The Hall–Kier alpha value is -1.84. The largest absolute Gasteiger partial charge is 0.264 e. The molecule has 0 N–H and O–H groups in total. The predicted molar refractivity (Wildman–Crippen MR) is 58.1 cm³/mol. The van der Waals surface area contributed by atoms with Crippen LogP contribution in [0.15, 0.2) is 30.6 Å². The van der Waals surface area contributed by atoms with Crippen LogP contribution in [0, 0.1) is 24.4 Å². The van der Waals surface area contributed by atoms with E-state index in [1.165, 1.54) is 6.20 Å². The van der Waals surface area contributed by atoms with E-state index in [1.54, 1.807) is 12.3 Å². The predicted octanol–water partition coefficient (Wildman–Crippen LogP) is 3.40. The molecule has 1 heterocycles. The zero-order valence-electron chi connectivity index (χ0n) is 9.17. The van der Waals surface area contributed by atoms with Gasteiger partial charge in [0.2, 0.25) is 0 Å². The summed E-state index contributed by atoms with van der Waals surface area (Å²) in [6.07, 6.45) is 3.12. The second kappa shape index (κ2) is 4.57. The summed E-state index contributed by atoms with van der Waals surface area (Å²) in [4.78, 5) is 3.88. The van der Waals surface area contributed by atoms with Crippen molar-refractivity contribution < 1.29 is 13.2 Å². The van der Waals surface area contributed by atoms with E-state index in [0.29, 0.717) is 5.56 Å². The molecule has 88 valence electrons. The Morgan fingerprint density at radius 2 is 1.76 bits per heavy atom. The number of hydrogen-bond donors (Lipinski definition) is 0. The quantitative estimate of drug-likeness (QED) is 0.729. The van der Waals surface area contributed by atoms with Gasteiger partial charge in [-0.1, -0.05) is 0 Å². The number of nitrogens with zero attached hydrogens (tertiary/aromatic N) is 1. The highest BCUT2D eigenvalue weighted by Gasteiger charge is 2.14. The van der Waals surface area contributed by atoms with Crippen LogP contribution < -0.4 is 0 Å². The summed E-state index contributed by atoms with van der Waals surface area (Å²) in [5, 5.41) is 0. The minimum atomic E-state index is -1.13. The van der Waals surface area contributed by atoms with E-state index in [1.807, 2.05) is 6.92 Å². The molecule has 0 aliphatic heterocycles. The van der Waals surface area contributed by atoms with Gasteiger partial charge in [0.25, 0.3) is 0 Å². The number of aromatic nitrogens is 1. The van der Waals surface area contributed by atoms with Gasteiger partial charge < -0.3 is 0 Å². The first-order valence-corrected chi connectivity index (χ1v) is 5.11. The SMILES string of the molecule is Cc1ccncc1Cc1c(F)ccc(F)c1F. The highest BCUT2D eigenvalue weighted by atomic mass is 19.2. The molecule has 0 amide bonds. The van der Waals surface area contributed by atoms with E-state index in [9.17, 15) is 13.2 Å². The molecule has 0 spiro atoms. The van der Waals surface area contributed by atoms with Crippen molar-refractivity contribution in [2.75, 3.05) is 0 Å². The fourth-order valence-corrected chi connectivity index (χ4v) is 1.60. The number of pyridine rings is 1.